The van der Waals surface area contributed by atoms with Crippen LogP contribution in [-0.2, 0) is 6.54 Å². The van der Waals surface area contributed by atoms with Crippen molar-refractivity contribution in [3.8, 4) is 11.3 Å². The van der Waals surface area contributed by atoms with Crippen molar-refractivity contribution in [2.24, 2.45) is 5.92 Å². The second-order valence-electron chi connectivity index (χ2n) is 6.10. The summed E-state index contributed by atoms with van der Waals surface area (Å²) in [6.07, 6.45) is 5.70. The molecule has 0 saturated carbocycles. The summed E-state index contributed by atoms with van der Waals surface area (Å²) in [5, 5.41) is 3.25. The van der Waals surface area contributed by atoms with Gasteiger partial charge in [-0.3, -0.25) is 4.90 Å². The number of rotatable bonds is 6. The Bertz CT molecular complexity index is 559. The van der Waals surface area contributed by atoms with E-state index in [4.69, 9.17) is 4.42 Å². The monoisotopic (exact) mass is 299 g/mol. The van der Waals surface area contributed by atoms with Gasteiger partial charge in [0.05, 0.1) is 12.7 Å². The van der Waals surface area contributed by atoms with Crippen LogP contribution in [0.25, 0.3) is 11.3 Å². The maximum Gasteiger partial charge on any atom is 0.209 e. The van der Waals surface area contributed by atoms with Crippen molar-refractivity contribution in [1.29, 1.82) is 0 Å². The zero-order chi connectivity index (χ0) is 15.2. The highest BCUT2D eigenvalue weighted by molar-refractivity contribution is 5.55. The van der Waals surface area contributed by atoms with E-state index in [-0.39, 0.29) is 0 Å². The third-order valence-corrected chi connectivity index (χ3v) is 4.48. The SMILES string of the molecule is CNCCC1CCN(Cc2ncc(-c3ccccc3)o2)CC1. The average Bonchev–Trinajstić information content (AvgIpc) is 3.04. The number of likely N-dealkylation sites (tertiary alicyclic amines) is 1. The molecule has 0 amide bonds. The summed E-state index contributed by atoms with van der Waals surface area (Å²) in [7, 11) is 2.03. The van der Waals surface area contributed by atoms with Gasteiger partial charge in [0, 0.05) is 5.56 Å². The van der Waals surface area contributed by atoms with Crippen molar-refractivity contribution >= 4 is 0 Å². The largest absolute Gasteiger partial charge is 0.439 e. The fraction of sp³-hybridized carbons (Fsp3) is 0.500. The van der Waals surface area contributed by atoms with Crippen molar-refractivity contribution in [2.75, 3.05) is 26.7 Å². The predicted molar refractivity (Wildman–Crippen MR) is 88.5 cm³/mol. The first-order valence-electron chi connectivity index (χ1n) is 8.22. The molecule has 1 saturated heterocycles. The maximum absolute atomic E-state index is 5.90. The minimum atomic E-state index is 0.825. The third kappa shape index (κ3) is 3.96. The molecule has 2 aromatic rings. The molecule has 1 N–H and O–H groups in total. The number of hydrogen-bond acceptors (Lipinski definition) is 4. The van der Waals surface area contributed by atoms with Crippen LogP contribution in [-0.4, -0.2) is 36.6 Å². The Kier molecular flexibility index (Phi) is 5.24. The number of nitrogens with zero attached hydrogens (tertiary/aromatic N) is 2. The van der Waals surface area contributed by atoms with Gasteiger partial charge in [0.1, 0.15) is 0 Å². The Hall–Kier alpha value is -1.65. The molecule has 0 spiro atoms. The van der Waals surface area contributed by atoms with Gasteiger partial charge in [-0.2, -0.15) is 0 Å². The number of piperidine rings is 1. The van der Waals surface area contributed by atoms with Gasteiger partial charge in [0.2, 0.25) is 5.89 Å². The molecule has 118 valence electrons. The van der Waals surface area contributed by atoms with Gasteiger partial charge in [-0.1, -0.05) is 30.3 Å². The third-order valence-electron chi connectivity index (χ3n) is 4.48. The molecule has 3 rings (SSSR count). The number of aromatic nitrogens is 1. The predicted octanol–water partition coefficient (Wildman–Crippen LogP) is 3.16. The van der Waals surface area contributed by atoms with Gasteiger partial charge in [-0.15, -0.1) is 0 Å². The minimum absolute atomic E-state index is 0.825. The molecule has 0 unspecified atom stereocenters. The summed E-state index contributed by atoms with van der Waals surface area (Å²) in [6.45, 7) is 4.26. The van der Waals surface area contributed by atoms with Crippen LogP contribution < -0.4 is 5.32 Å². The van der Waals surface area contributed by atoms with Gasteiger partial charge in [-0.05, 0) is 51.9 Å². The van der Waals surface area contributed by atoms with Crippen molar-refractivity contribution in [3.05, 3.63) is 42.4 Å². The van der Waals surface area contributed by atoms with Crippen LogP contribution in [0.4, 0.5) is 0 Å². The smallest absolute Gasteiger partial charge is 0.209 e. The Morgan fingerprint density at radius 3 is 2.73 bits per heavy atom. The lowest BCUT2D eigenvalue weighted by Gasteiger charge is -2.31. The minimum Gasteiger partial charge on any atom is -0.439 e. The van der Waals surface area contributed by atoms with Crippen molar-refractivity contribution < 1.29 is 4.42 Å². The molecule has 0 aliphatic carbocycles. The maximum atomic E-state index is 5.90. The number of nitrogens with one attached hydrogen (secondary N) is 1. The lowest BCUT2D eigenvalue weighted by Crippen LogP contribution is -2.34. The molecular weight excluding hydrogens is 274 g/mol. The molecule has 1 fully saturated rings. The number of hydrogen-bond donors (Lipinski definition) is 1. The molecule has 2 heterocycles. The summed E-state index contributed by atoms with van der Waals surface area (Å²) >= 11 is 0. The summed E-state index contributed by atoms with van der Waals surface area (Å²) in [6, 6.07) is 10.2. The number of benzene rings is 1. The molecule has 1 aromatic heterocycles. The Balaban J connectivity index is 1.51. The van der Waals surface area contributed by atoms with E-state index in [1.54, 1.807) is 0 Å². The van der Waals surface area contributed by atoms with Gasteiger partial charge in [0.25, 0.3) is 0 Å². The molecule has 1 aliphatic heterocycles. The normalized spacial score (nSPS) is 17.0. The molecule has 1 aliphatic rings. The summed E-state index contributed by atoms with van der Waals surface area (Å²) in [5.74, 6) is 2.56. The van der Waals surface area contributed by atoms with Gasteiger partial charge >= 0.3 is 0 Å². The van der Waals surface area contributed by atoms with E-state index in [0.717, 1.165) is 49.3 Å². The van der Waals surface area contributed by atoms with Crippen LogP contribution in [0.15, 0.2) is 40.9 Å². The Morgan fingerprint density at radius 1 is 1.23 bits per heavy atom. The van der Waals surface area contributed by atoms with Gasteiger partial charge in [-0.25, -0.2) is 4.98 Å². The second-order valence-corrected chi connectivity index (χ2v) is 6.10. The molecule has 22 heavy (non-hydrogen) atoms. The first-order valence-corrected chi connectivity index (χ1v) is 8.22. The topological polar surface area (TPSA) is 41.3 Å². The molecule has 4 heteroatoms. The van der Waals surface area contributed by atoms with Crippen molar-refractivity contribution in [2.45, 2.75) is 25.8 Å². The van der Waals surface area contributed by atoms with Crippen LogP contribution in [0.1, 0.15) is 25.2 Å². The molecule has 0 atom stereocenters. The van der Waals surface area contributed by atoms with Crippen LogP contribution >= 0.6 is 0 Å². The molecule has 4 nitrogen and oxygen atoms in total. The van der Waals surface area contributed by atoms with Crippen LogP contribution in [0.2, 0.25) is 0 Å². The summed E-state index contributed by atoms with van der Waals surface area (Å²) in [4.78, 5) is 6.89. The average molecular weight is 299 g/mol. The highest BCUT2D eigenvalue weighted by atomic mass is 16.4. The lowest BCUT2D eigenvalue weighted by atomic mass is 9.93. The van der Waals surface area contributed by atoms with Crippen molar-refractivity contribution in [1.82, 2.24) is 15.2 Å². The van der Waals surface area contributed by atoms with Crippen LogP contribution in [0, 0.1) is 5.92 Å². The zero-order valence-corrected chi connectivity index (χ0v) is 13.3. The zero-order valence-electron chi connectivity index (χ0n) is 13.3. The second kappa shape index (κ2) is 7.56. The van der Waals surface area contributed by atoms with E-state index >= 15 is 0 Å². The van der Waals surface area contributed by atoms with Gasteiger partial charge in [0.15, 0.2) is 5.76 Å². The van der Waals surface area contributed by atoms with Gasteiger partial charge < -0.3 is 9.73 Å². The Morgan fingerprint density at radius 2 is 2.00 bits per heavy atom. The summed E-state index contributed by atoms with van der Waals surface area (Å²) in [5.41, 5.74) is 1.09. The van der Waals surface area contributed by atoms with E-state index < -0.39 is 0 Å². The standard InChI is InChI=1S/C18H25N3O/c1-19-10-7-15-8-11-21(12-9-15)14-18-20-13-17(22-18)16-5-3-2-4-6-16/h2-6,13,15,19H,7-12,14H2,1H3. The summed E-state index contributed by atoms with van der Waals surface area (Å²) < 4.78 is 5.90. The number of oxazole rings is 1. The highest BCUT2D eigenvalue weighted by Gasteiger charge is 2.20. The van der Waals surface area contributed by atoms with Crippen LogP contribution in [0.5, 0.6) is 0 Å². The highest BCUT2D eigenvalue weighted by Crippen LogP contribution is 2.23. The fourth-order valence-corrected chi connectivity index (χ4v) is 3.09. The molecule has 1 aromatic carbocycles. The fourth-order valence-electron chi connectivity index (χ4n) is 3.09. The quantitative estimate of drug-likeness (QED) is 0.889. The first-order chi connectivity index (χ1) is 10.8. The van der Waals surface area contributed by atoms with E-state index in [1.807, 2.05) is 31.4 Å². The molecule has 0 radical (unpaired) electrons. The molecule has 0 bridgehead atoms. The lowest BCUT2D eigenvalue weighted by molar-refractivity contribution is 0.160. The molecular formula is C18H25N3O. The first kappa shape index (κ1) is 15.3. The van der Waals surface area contributed by atoms with E-state index in [2.05, 4.69) is 27.3 Å². The van der Waals surface area contributed by atoms with E-state index in [1.165, 1.54) is 19.3 Å². The van der Waals surface area contributed by atoms with E-state index in [9.17, 15) is 0 Å². The Labute approximate surface area is 132 Å². The van der Waals surface area contributed by atoms with Crippen LogP contribution in [0.3, 0.4) is 0 Å². The van der Waals surface area contributed by atoms with Crippen molar-refractivity contribution in [3.63, 3.8) is 0 Å². The van der Waals surface area contributed by atoms with E-state index in [0.29, 0.717) is 0 Å².